The van der Waals surface area contributed by atoms with Crippen molar-refractivity contribution in [3.05, 3.63) is 52.1 Å². The van der Waals surface area contributed by atoms with Gasteiger partial charge in [-0.3, -0.25) is 9.59 Å². The van der Waals surface area contributed by atoms with E-state index in [0.29, 0.717) is 42.1 Å². The quantitative estimate of drug-likeness (QED) is 0.797. The molecule has 3 rings (SSSR count). The van der Waals surface area contributed by atoms with E-state index in [1.165, 1.54) is 0 Å². The minimum Gasteiger partial charge on any atom is -0.350 e. The Morgan fingerprint density at radius 2 is 1.96 bits per heavy atom. The molecular weight excluding hydrogens is 364 g/mol. The molecule has 0 radical (unpaired) electrons. The number of carbonyl (C=O) groups is 2. The first-order valence-electron chi connectivity index (χ1n) is 9.36. The van der Waals surface area contributed by atoms with Crippen LogP contribution in [0, 0.1) is 5.92 Å². The van der Waals surface area contributed by atoms with E-state index in [-0.39, 0.29) is 11.8 Å². The average Bonchev–Trinajstić information content (AvgIpc) is 3.05. The Bertz CT molecular complexity index is 845. The molecule has 1 aromatic heterocycles. The summed E-state index contributed by atoms with van der Waals surface area (Å²) in [5.41, 5.74) is 2.07. The van der Waals surface area contributed by atoms with Crippen molar-refractivity contribution < 1.29 is 9.59 Å². The summed E-state index contributed by atoms with van der Waals surface area (Å²) in [6.45, 7) is 5.68. The van der Waals surface area contributed by atoms with Crippen molar-refractivity contribution in [2.24, 2.45) is 5.92 Å². The van der Waals surface area contributed by atoms with Gasteiger partial charge in [0.15, 0.2) is 5.82 Å². The standard InChI is InChI=1S/C20H25ClN4O2/c1-13(2)11-22-19(26)17-16-9-5-6-10-25(16)18(24-17)20(27)23-12-14-7-3-4-8-15(14)21/h3-4,7-8,13H,5-6,9-12H2,1-2H3,(H,22,26)(H,23,27). The average molecular weight is 389 g/mol. The first-order valence-corrected chi connectivity index (χ1v) is 9.74. The fourth-order valence-corrected chi connectivity index (χ4v) is 3.38. The summed E-state index contributed by atoms with van der Waals surface area (Å²) in [5, 5.41) is 6.38. The predicted octanol–water partition coefficient (Wildman–Crippen LogP) is 3.19. The summed E-state index contributed by atoms with van der Waals surface area (Å²) in [4.78, 5) is 29.7. The minimum absolute atomic E-state index is 0.209. The number of benzene rings is 1. The number of nitrogens with zero attached hydrogens (tertiary/aromatic N) is 2. The van der Waals surface area contributed by atoms with E-state index in [9.17, 15) is 9.59 Å². The fourth-order valence-electron chi connectivity index (χ4n) is 3.18. The Labute approximate surface area is 164 Å². The summed E-state index contributed by atoms with van der Waals surface area (Å²) in [5.74, 6) is 0.151. The van der Waals surface area contributed by atoms with Crippen molar-refractivity contribution >= 4 is 23.4 Å². The zero-order valence-corrected chi connectivity index (χ0v) is 16.5. The van der Waals surface area contributed by atoms with Gasteiger partial charge in [0, 0.05) is 24.7 Å². The number of halogens is 1. The second kappa shape index (κ2) is 8.57. The van der Waals surface area contributed by atoms with Crippen molar-refractivity contribution in [1.82, 2.24) is 20.2 Å². The van der Waals surface area contributed by atoms with Crippen LogP contribution in [0.15, 0.2) is 24.3 Å². The van der Waals surface area contributed by atoms with Crippen molar-refractivity contribution in [3.63, 3.8) is 0 Å². The molecule has 2 N–H and O–H groups in total. The molecule has 0 saturated heterocycles. The number of fused-ring (bicyclic) bond motifs is 1. The molecule has 2 aromatic rings. The third kappa shape index (κ3) is 4.50. The summed E-state index contributed by atoms with van der Waals surface area (Å²) < 4.78 is 1.88. The zero-order valence-electron chi connectivity index (χ0n) is 15.7. The second-order valence-electron chi connectivity index (χ2n) is 7.22. The highest BCUT2D eigenvalue weighted by molar-refractivity contribution is 6.31. The molecule has 0 aliphatic carbocycles. The maximum atomic E-state index is 12.7. The lowest BCUT2D eigenvalue weighted by Gasteiger charge is -2.17. The summed E-state index contributed by atoms with van der Waals surface area (Å²) in [6, 6.07) is 7.38. The van der Waals surface area contributed by atoms with Crippen LogP contribution >= 0.6 is 11.6 Å². The number of imidazole rings is 1. The summed E-state index contributed by atoms with van der Waals surface area (Å²) in [7, 11) is 0. The molecule has 1 aromatic carbocycles. The van der Waals surface area contributed by atoms with Gasteiger partial charge in [-0.25, -0.2) is 4.98 Å². The number of hydrogen-bond acceptors (Lipinski definition) is 3. The first kappa shape index (κ1) is 19.4. The Hall–Kier alpha value is -2.34. The Balaban J connectivity index is 1.79. The Kier molecular flexibility index (Phi) is 6.16. The van der Waals surface area contributed by atoms with E-state index < -0.39 is 0 Å². The van der Waals surface area contributed by atoms with Gasteiger partial charge < -0.3 is 15.2 Å². The second-order valence-corrected chi connectivity index (χ2v) is 7.62. The summed E-state index contributed by atoms with van der Waals surface area (Å²) in [6.07, 6.45) is 2.73. The Morgan fingerprint density at radius 3 is 2.70 bits per heavy atom. The molecule has 0 saturated carbocycles. The molecule has 2 heterocycles. The monoisotopic (exact) mass is 388 g/mol. The highest BCUT2D eigenvalue weighted by atomic mass is 35.5. The lowest BCUT2D eigenvalue weighted by molar-refractivity contribution is 0.0935. The van der Waals surface area contributed by atoms with Crippen LogP contribution in [0.5, 0.6) is 0 Å². The molecule has 27 heavy (non-hydrogen) atoms. The first-order chi connectivity index (χ1) is 13.0. The van der Waals surface area contributed by atoms with Gasteiger partial charge >= 0.3 is 0 Å². The lowest BCUT2D eigenvalue weighted by atomic mass is 10.1. The largest absolute Gasteiger partial charge is 0.350 e. The van der Waals surface area contributed by atoms with E-state index in [1.54, 1.807) is 6.07 Å². The van der Waals surface area contributed by atoms with Gasteiger partial charge in [-0.1, -0.05) is 43.6 Å². The van der Waals surface area contributed by atoms with Crippen LogP contribution in [0.3, 0.4) is 0 Å². The maximum Gasteiger partial charge on any atom is 0.287 e. The Morgan fingerprint density at radius 1 is 1.19 bits per heavy atom. The molecule has 0 fully saturated rings. The maximum absolute atomic E-state index is 12.7. The molecule has 144 valence electrons. The zero-order chi connectivity index (χ0) is 19.4. The molecule has 1 aliphatic rings. The van der Waals surface area contributed by atoms with E-state index in [4.69, 9.17) is 11.6 Å². The number of aromatic nitrogens is 2. The fraction of sp³-hybridized carbons (Fsp3) is 0.450. The number of nitrogens with one attached hydrogen (secondary N) is 2. The SMILES string of the molecule is CC(C)CNC(=O)c1nc(C(=O)NCc2ccccc2Cl)n2c1CCCC2. The van der Waals surface area contributed by atoms with Gasteiger partial charge in [-0.15, -0.1) is 0 Å². The van der Waals surface area contributed by atoms with Crippen LogP contribution in [0.25, 0.3) is 0 Å². The van der Waals surface area contributed by atoms with Crippen LogP contribution in [0.4, 0.5) is 0 Å². The smallest absolute Gasteiger partial charge is 0.287 e. The van der Waals surface area contributed by atoms with Crippen molar-refractivity contribution in [3.8, 4) is 0 Å². The third-order valence-electron chi connectivity index (χ3n) is 4.60. The van der Waals surface area contributed by atoms with E-state index in [0.717, 1.165) is 30.5 Å². The third-order valence-corrected chi connectivity index (χ3v) is 4.97. The topological polar surface area (TPSA) is 76.0 Å². The van der Waals surface area contributed by atoms with Crippen LogP contribution < -0.4 is 10.6 Å². The van der Waals surface area contributed by atoms with Gasteiger partial charge in [-0.05, 0) is 36.8 Å². The van der Waals surface area contributed by atoms with Crippen LogP contribution in [-0.2, 0) is 19.5 Å². The molecular formula is C20H25ClN4O2. The number of carbonyl (C=O) groups excluding carboxylic acids is 2. The summed E-state index contributed by atoms with van der Waals surface area (Å²) >= 11 is 6.15. The van der Waals surface area contributed by atoms with Crippen molar-refractivity contribution in [2.75, 3.05) is 6.54 Å². The molecule has 0 spiro atoms. The number of amides is 2. The highest BCUT2D eigenvalue weighted by Gasteiger charge is 2.27. The van der Waals surface area contributed by atoms with Gasteiger partial charge in [0.1, 0.15) is 5.69 Å². The normalized spacial score (nSPS) is 13.3. The van der Waals surface area contributed by atoms with Crippen LogP contribution in [0.1, 0.15) is 59.1 Å². The number of rotatable bonds is 6. The molecule has 0 unspecified atom stereocenters. The lowest BCUT2D eigenvalue weighted by Crippen LogP contribution is -2.29. The number of hydrogen-bond donors (Lipinski definition) is 2. The highest BCUT2D eigenvalue weighted by Crippen LogP contribution is 2.21. The van der Waals surface area contributed by atoms with Crippen LogP contribution in [-0.4, -0.2) is 27.9 Å². The van der Waals surface area contributed by atoms with E-state index in [1.807, 2.05) is 36.6 Å². The molecule has 6 nitrogen and oxygen atoms in total. The molecule has 0 bridgehead atoms. The van der Waals surface area contributed by atoms with E-state index in [2.05, 4.69) is 15.6 Å². The van der Waals surface area contributed by atoms with Crippen molar-refractivity contribution in [1.29, 1.82) is 0 Å². The van der Waals surface area contributed by atoms with Gasteiger partial charge in [0.25, 0.3) is 11.8 Å². The van der Waals surface area contributed by atoms with E-state index >= 15 is 0 Å². The minimum atomic E-state index is -0.291. The molecule has 7 heteroatoms. The predicted molar refractivity (Wildman–Crippen MR) is 105 cm³/mol. The van der Waals surface area contributed by atoms with Crippen molar-refractivity contribution in [2.45, 2.75) is 46.2 Å². The molecule has 1 aliphatic heterocycles. The van der Waals surface area contributed by atoms with Gasteiger partial charge in [-0.2, -0.15) is 0 Å². The molecule has 0 atom stereocenters. The van der Waals surface area contributed by atoms with Crippen LogP contribution in [0.2, 0.25) is 5.02 Å². The van der Waals surface area contributed by atoms with Gasteiger partial charge in [0.2, 0.25) is 0 Å². The molecule has 2 amide bonds. The van der Waals surface area contributed by atoms with Gasteiger partial charge in [0.05, 0.1) is 5.69 Å².